The third-order valence-corrected chi connectivity index (χ3v) is 6.25. The van der Waals surface area contributed by atoms with Crippen molar-refractivity contribution in [1.82, 2.24) is 0 Å². The second kappa shape index (κ2) is 13.6. The first kappa shape index (κ1) is 20.2. The van der Waals surface area contributed by atoms with Crippen LogP contribution in [0.2, 0.25) is 0 Å². The number of unbranched alkanes of at least 4 members (excludes halogenated alkanes) is 6. The van der Waals surface area contributed by atoms with Crippen molar-refractivity contribution in [2.75, 3.05) is 17.3 Å². The molecule has 0 saturated carbocycles. The van der Waals surface area contributed by atoms with Gasteiger partial charge in [0.25, 0.3) is 0 Å². The van der Waals surface area contributed by atoms with Crippen molar-refractivity contribution < 1.29 is 0 Å². The molecule has 0 spiro atoms. The molecule has 1 fully saturated rings. The van der Waals surface area contributed by atoms with Crippen LogP contribution in [-0.4, -0.2) is 22.5 Å². The molecule has 0 aromatic carbocycles. The zero-order valence-corrected chi connectivity index (χ0v) is 16.5. The molecule has 0 amide bonds. The largest absolute Gasteiger partial charge is 0.153 e. The molecule has 0 nitrogen and oxygen atoms in total. The van der Waals surface area contributed by atoms with Crippen LogP contribution >= 0.6 is 23.5 Å². The van der Waals surface area contributed by atoms with E-state index >= 15 is 0 Å². The first-order valence-electron chi connectivity index (χ1n) is 9.32. The van der Waals surface area contributed by atoms with E-state index in [1.165, 1.54) is 87.0 Å². The summed E-state index contributed by atoms with van der Waals surface area (Å²) in [5.74, 6) is 3.92. The van der Waals surface area contributed by atoms with Crippen molar-refractivity contribution in [1.29, 1.82) is 0 Å². The van der Waals surface area contributed by atoms with E-state index in [2.05, 4.69) is 38.3 Å². The van der Waals surface area contributed by atoms with Crippen molar-refractivity contribution in [2.45, 2.75) is 83.3 Å². The van der Waals surface area contributed by atoms with Gasteiger partial charge < -0.3 is 0 Å². The van der Waals surface area contributed by atoms with Gasteiger partial charge in [-0.3, -0.25) is 0 Å². The molecular formula is C20H36S2. The van der Waals surface area contributed by atoms with E-state index in [1.807, 2.05) is 11.8 Å². The molecule has 1 unspecified atom stereocenters. The summed E-state index contributed by atoms with van der Waals surface area (Å²) in [6.45, 7) is 8.62. The van der Waals surface area contributed by atoms with Crippen LogP contribution in [0.25, 0.3) is 0 Å². The van der Waals surface area contributed by atoms with Crippen molar-refractivity contribution in [3.05, 3.63) is 23.8 Å². The molecule has 2 heterocycles. The van der Waals surface area contributed by atoms with E-state index < -0.39 is 0 Å². The van der Waals surface area contributed by atoms with E-state index in [0.717, 1.165) is 5.25 Å². The second-order valence-corrected chi connectivity index (χ2v) is 8.75. The van der Waals surface area contributed by atoms with Gasteiger partial charge in [0.15, 0.2) is 0 Å². The Hall–Kier alpha value is 0.180. The van der Waals surface area contributed by atoms with E-state index in [1.54, 1.807) is 5.57 Å². The summed E-state index contributed by atoms with van der Waals surface area (Å²) in [4.78, 5) is 0. The maximum absolute atomic E-state index is 4.09. The van der Waals surface area contributed by atoms with E-state index in [0.29, 0.717) is 0 Å². The van der Waals surface area contributed by atoms with Crippen LogP contribution in [0.15, 0.2) is 23.8 Å². The predicted octanol–water partition coefficient (Wildman–Crippen LogP) is 7.26. The molecule has 0 N–H and O–H groups in total. The van der Waals surface area contributed by atoms with Gasteiger partial charge in [0.2, 0.25) is 0 Å². The Morgan fingerprint density at radius 2 is 1.77 bits per heavy atom. The predicted molar refractivity (Wildman–Crippen MR) is 108 cm³/mol. The highest BCUT2D eigenvalue weighted by atomic mass is 32.2. The number of hydrogen-bond acceptors (Lipinski definition) is 2. The van der Waals surface area contributed by atoms with Gasteiger partial charge in [-0.05, 0) is 25.7 Å². The van der Waals surface area contributed by atoms with Gasteiger partial charge in [-0.2, -0.15) is 23.5 Å². The summed E-state index contributed by atoms with van der Waals surface area (Å²) in [5.41, 5.74) is 3.19. The maximum Gasteiger partial charge on any atom is 0.0345 e. The Morgan fingerprint density at radius 1 is 1.09 bits per heavy atom. The lowest BCUT2D eigenvalue weighted by Crippen LogP contribution is -1.89. The SMILES string of the molecule is C=C(CCCCCC)C1CS1.CCCCCCC1=CCSC1. The Kier molecular flexibility index (Phi) is 12.5. The van der Waals surface area contributed by atoms with Crippen molar-refractivity contribution >= 4 is 23.5 Å². The minimum Gasteiger partial charge on any atom is -0.153 e. The average molecular weight is 341 g/mol. The summed E-state index contributed by atoms with van der Waals surface area (Å²) in [7, 11) is 0. The van der Waals surface area contributed by atoms with Crippen LogP contribution in [0.3, 0.4) is 0 Å². The van der Waals surface area contributed by atoms with Crippen molar-refractivity contribution in [3.63, 3.8) is 0 Å². The molecular weight excluding hydrogens is 304 g/mol. The standard InChI is InChI=1S/2C10H18S/c1-3-4-5-6-7-9(2)10-8-11-10;1-2-3-4-5-6-10-7-8-11-9-10/h10H,2-8H2,1H3;7H,2-6,8-9H2,1H3. The first-order valence-corrected chi connectivity index (χ1v) is 11.5. The first-order chi connectivity index (χ1) is 10.8. The molecule has 0 aliphatic carbocycles. The van der Waals surface area contributed by atoms with E-state index in [-0.39, 0.29) is 0 Å². The third-order valence-electron chi connectivity index (χ3n) is 4.27. The fraction of sp³-hybridized carbons (Fsp3) is 0.800. The molecule has 0 radical (unpaired) electrons. The van der Waals surface area contributed by atoms with Gasteiger partial charge in [-0.25, -0.2) is 0 Å². The lowest BCUT2D eigenvalue weighted by atomic mass is 10.1. The van der Waals surface area contributed by atoms with Gasteiger partial charge in [-0.15, -0.1) is 0 Å². The molecule has 0 aromatic rings. The van der Waals surface area contributed by atoms with Crippen molar-refractivity contribution in [2.24, 2.45) is 0 Å². The van der Waals surface area contributed by atoms with E-state index in [9.17, 15) is 0 Å². The monoisotopic (exact) mass is 340 g/mol. The van der Waals surface area contributed by atoms with Gasteiger partial charge in [0.05, 0.1) is 0 Å². The molecule has 0 bridgehead atoms. The minimum atomic E-state index is 0.844. The van der Waals surface area contributed by atoms with Crippen LogP contribution < -0.4 is 0 Å². The van der Waals surface area contributed by atoms with Gasteiger partial charge in [-0.1, -0.05) is 76.2 Å². The molecule has 2 aliphatic rings. The minimum absolute atomic E-state index is 0.844. The molecule has 128 valence electrons. The zero-order chi connectivity index (χ0) is 16.0. The highest BCUT2D eigenvalue weighted by Crippen LogP contribution is 2.37. The Morgan fingerprint density at radius 3 is 2.32 bits per heavy atom. The number of hydrogen-bond donors (Lipinski definition) is 0. The van der Waals surface area contributed by atoms with Gasteiger partial charge >= 0.3 is 0 Å². The molecule has 2 rings (SSSR count). The fourth-order valence-corrected chi connectivity index (χ4v) is 4.28. The normalized spacial score (nSPS) is 19.4. The highest BCUT2D eigenvalue weighted by molar-refractivity contribution is 8.07. The Bertz CT molecular complexity index is 316. The van der Waals surface area contributed by atoms with Gasteiger partial charge in [0.1, 0.15) is 0 Å². The van der Waals surface area contributed by atoms with Crippen LogP contribution in [-0.2, 0) is 0 Å². The van der Waals surface area contributed by atoms with Crippen LogP contribution in [0.5, 0.6) is 0 Å². The fourth-order valence-electron chi connectivity index (χ4n) is 2.60. The summed E-state index contributed by atoms with van der Waals surface area (Å²) in [6.07, 6.45) is 16.2. The molecule has 22 heavy (non-hydrogen) atoms. The third kappa shape index (κ3) is 10.8. The summed E-state index contributed by atoms with van der Waals surface area (Å²) < 4.78 is 0. The average Bonchev–Trinajstić information content (AvgIpc) is 3.26. The zero-order valence-electron chi connectivity index (χ0n) is 14.9. The van der Waals surface area contributed by atoms with Crippen LogP contribution in [0.4, 0.5) is 0 Å². The topological polar surface area (TPSA) is 0 Å². The highest BCUT2D eigenvalue weighted by Gasteiger charge is 2.24. The van der Waals surface area contributed by atoms with E-state index in [4.69, 9.17) is 0 Å². The molecule has 0 aromatic heterocycles. The molecule has 1 atom stereocenters. The summed E-state index contributed by atoms with van der Waals surface area (Å²) >= 11 is 4.09. The second-order valence-electron chi connectivity index (χ2n) is 6.48. The maximum atomic E-state index is 4.09. The van der Waals surface area contributed by atoms with Gasteiger partial charge in [0, 0.05) is 22.5 Å². The smallest absolute Gasteiger partial charge is 0.0345 e. The molecule has 2 aliphatic heterocycles. The number of rotatable bonds is 11. The lowest BCUT2D eigenvalue weighted by molar-refractivity contribution is 0.662. The molecule has 1 saturated heterocycles. The quantitative estimate of drug-likeness (QED) is 0.220. The summed E-state index contributed by atoms with van der Waals surface area (Å²) in [6, 6.07) is 0. The summed E-state index contributed by atoms with van der Waals surface area (Å²) in [5, 5.41) is 0.844. The van der Waals surface area contributed by atoms with Crippen molar-refractivity contribution in [3.8, 4) is 0 Å². The molecule has 2 heteroatoms. The Balaban J connectivity index is 0.000000220. The number of thioether (sulfide) groups is 2. The lowest BCUT2D eigenvalue weighted by Gasteiger charge is -2.01. The Labute approximate surface area is 148 Å². The van der Waals surface area contributed by atoms with Crippen LogP contribution in [0.1, 0.15) is 78.1 Å². The van der Waals surface area contributed by atoms with Crippen LogP contribution in [0, 0.1) is 0 Å².